The number of anilines is 1. The number of amides is 1. The summed E-state index contributed by atoms with van der Waals surface area (Å²) in [4.78, 5) is 12.3. The van der Waals surface area contributed by atoms with Gasteiger partial charge in [0.15, 0.2) is 0 Å². The van der Waals surface area contributed by atoms with Gasteiger partial charge in [-0.05, 0) is 55.8 Å². The fourth-order valence-corrected chi connectivity index (χ4v) is 2.73. The number of aromatic nitrogens is 2. The molecule has 1 amide bonds. The second kappa shape index (κ2) is 6.89. The Morgan fingerprint density at radius 2 is 1.88 bits per heavy atom. The predicted molar refractivity (Wildman–Crippen MR) is 96.7 cm³/mol. The van der Waals surface area contributed by atoms with E-state index in [1.165, 1.54) is 0 Å². The summed E-state index contributed by atoms with van der Waals surface area (Å²) in [5.74, 6) is -0.157. The molecule has 1 aromatic heterocycles. The van der Waals surface area contributed by atoms with Gasteiger partial charge in [-0.3, -0.25) is 9.48 Å². The topological polar surface area (TPSA) is 46.9 Å². The van der Waals surface area contributed by atoms with Crippen LogP contribution in [-0.4, -0.2) is 15.7 Å². The summed E-state index contributed by atoms with van der Waals surface area (Å²) < 4.78 is 1.95. The summed E-state index contributed by atoms with van der Waals surface area (Å²) in [5.41, 5.74) is 4.51. The number of nitrogens with one attached hydrogen (secondary N) is 1. The minimum absolute atomic E-state index is 0.157. The number of aryl methyl sites for hydroxylation is 2. The van der Waals surface area contributed by atoms with Crippen LogP contribution in [0.5, 0.6) is 0 Å². The van der Waals surface area contributed by atoms with Crippen LogP contribution in [0.1, 0.15) is 27.3 Å². The van der Waals surface area contributed by atoms with Gasteiger partial charge in [0.25, 0.3) is 5.91 Å². The second-order valence-corrected chi connectivity index (χ2v) is 6.18. The Hall–Kier alpha value is -2.59. The summed E-state index contributed by atoms with van der Waals surface area (Å²) in [6, 6.07) is 16.7. The number of benzene rings is 2. The molecule has 0 bridgehead atoms. The highest BCUT2D eigenvalue weighted by Crippen LogP contribution is 2.16. The Morgan fingerprint density at radius 1 is 1.12 bits per heavy atom. The molecule has 0 radical (unpaired) electrons. The van der Waals surface area contributed by atoms with Crippen LogP contribution in [0.4, 0.5) is 5.69 Å². The molecule has 0 atom stereocenters. The van der Waals surface area contributed by atoms with Crippen LogP contribution in [0.15, 0.2) is 54.6 Å². The number of hydrogen-bond donors (Lipinski definition) is 1. The van der Waals surface area contributed by atoms with E-state index in [4.69, 9.17) is 11.6 Å². The smallest absolute Gasteiger partial charge is 0.255 e. The normalized spacial score (nSPS) is 10.6. The molecule has 0 aliphatic rings. The maximum Gasteiger partial charge on any atom is 0.255 e. The van der Waals surface area contributed by atoms with Crippen molar-refractivity contribution in [2.45, 2.75) is 20.4 Å². The van der Waals surface area contributed by atoms with Gasteiger partial charge in [-0.1, -0.05) is 29.8 Å². The third-order valence-electron chi connectivity index (χ3n) is 3.73. The van der Waals surface area contributed by atoms with Gasteiger partial charge in [-0.15, -0.1) is 0 Å². The molecule has 0 saturated heterocycles. The number of halogens is 1. The van der Waals surface area contributed by atoms with Crippen molar-refractivity contribution in [2.75, 3.05) is 5.32 Å². The Balaban J connectivity index is 1.69. The third kappa shape index (κ3) is 3.84. The molecule has 0 fully saturated rings. The first-order valence-electron chi connectivity index (χ1n) is 7.68. The summed E-state index contributed by atoms with van der Waals surface area (Å²) in [7, 11) is 0. The lowest BCUT2D eigenvalue weighted by molar-refractivity contribution is 0.102. The number of rotatable bonds is 4. The van der Waals surface area contributed by atoms with E-state index in [1.54, 1.807) is 24.3 Å². The van der Waals surface area contributed by atoms with E-state index in [0.29, 0.717) is 22.8 Å². The maximum absolute atomic E-state index is 12.3. The average Bonchev–Trinajstić information content (AvgIpc) is 2.85. The lowest BCUT2D eigenvalue weighted by Crippen LogP contribution is -2.12. The van der Waals surface area contributed by atoms with E-state index in [9.17, 15) is 4.79 Å². The molecule has 24 heavy (non-hydrogen) atoms. The number of hydrogen-bond acceptors (Lipinski definition) is 2. The minimum Gasteiger partial charge on any atom is -0.322 e. The van der Waals surface area contributed by atoms with Gasteiger partial charge in [0.05, 0.1) is 12.2 Å². The fraction of sp³-hybridized carbons (Fsp3) is 0.158. The van der Waals surface area contributed by atoms with E-state index in [-0.39, 0.29) is 5.91 Å². The van der Waals surface area contributed by atoms with Gasteiger partial charge >= 0.3 is 0 Å². The molecule has 4 nitrogen and oxygen atoms in total. The molecule has 1 N–H and O–H groups in total. The number of nitrogens with zero attached hydrogens (tertiary/aromatic N) is 2. The molecule has 122 valence electrons. The standard InChI is InChI=1S/C19H18ClN3O/c1-13-10-14(2)23(22-13)12-15-6-8-16(9-7-15)19(24)21-18-5-3-4-17(20)11-18/h3-11H,12H2,1-2H3,(H,21,24). The Bertz CT molecular complexity index is 869. The molecule has 1 heterocycles. The maximum atomic E-state index is 12.3. The van der Waals surface area contributed by atoms with Crippen LogP contribution >= 0.6 is 11.6 Å². The van der Waals surface area contributed by atoms with Crippen molar-refractivity contribution >= 4 is 23.2 Å². The molecule has 0 spiro atoms. The first-order valence-corrected chi connectivity index (χ1v) is 8.06. The van der Waals surface area contributed by atoms with Crippen molar-refractivity contribution in [1.29, 1.82) is 0 Å². The monoisotopic (exact) mass is 339 g/mol. The molecule has 3 aromatic rings. The first kappa shape index (κ1) is 16.3. The van der Waals surface area contributed by atoms with Crippen molar-refractivity contribution in [3.05, 3.63) is 82.1 Å². The lowest BCUT2D eigenvalue weighted by Gasteiger charge is -2.08. The van der Waals surface area contributed by atoms with E-state index >= 15 is 0 Å². The predicted octanol–water partition coefficient (Wildman–Crippen LogP) is 4.45. The summed E-state index contributed by atoms with van der Waals surface area (Å²) >= 11 is 5.93. The molecule has 0 unspecified atom stereocenters. The van der Waals surface area contributed by atoms with E-state index in [0.717, 1.165) is 17.0 Å². The van der Waals surface area contributed by atoms with Gasteiger partial charge < -0.3 is 5.32 Å². The van der Waals surface area contributed by atoms with Crippen LogP contribution in [-0.2, 0) is 6.54 Å². The molecule has 0 aliphatic heterocycles. The van der Waals surface area contributed by atoms with Crippen LogP contribution in [0.3, 0.4) is 0 Å². The van der Waals surface area contributed by atoms with Gasteiger partial charge in [0.1, 0.15) is 0 Å². The summed E-state index contributed by atoms with van der Waals surface area (Å²) in [6.07, 6.45) is 0. The fourth-order valence-electron chi connectivity index (χ4n) is 2.54. The van der Waals surface area contributed by atoms with Crippen LogP contribution in [0, 0.1) is 13.8 Å². The number of carbonyl (C=O) groups is 1. The molecular formula is C19H18ClN3O. The van der Waals surface area contributed by atoms with E-state index < -0.39 is 0 Å². The summed E-state index contributed by atoms with van der Waals surface area (Å²) in [6.45, 7) is 4.70. The molecule has 0 aliphatic carbocycles. The van der Waals surface area contributed by atoms with Crippen molar-refractivity contribution in [3.8, 4) is 0 Å². The zero-order valence-corrected chi connectivity index (χ0v) is 14.3. The Kier molecular flexibility index (Phi) is 4.67. The quantitative estimate of drug-likeness (QED) is 0.763. The lowest BCUT2D eigenvalue weighted by atomic mass is 10.1. The van der Waals surface area contributed by atoms with Gasteiger partial charge in [0, 0.05) is 22.0 Å². The first-order chi connectivity index (χ1) is 11.5. The minimum atomic E-state index is -0.157. The van der Waals surface area contributed by atoms with E-state index in [1.807, 2.05) is 48.9 Å². The highest BCUT2D eigenvalue weighted by atomic mass is 35.5. The van der Waals surface area contributed by atoms with Gasteiger partial charge in [-0.25, -0.2) is 0 Å². The van der Waals surface area contributed by atoms with Crippen LogP contribution in [0.2, 0.25) is 5.02 Å². The molecule has 0 saturated carbocycles. The third-order valence-corrected chi connectivity index (χ3v) is 3.97. The van der Waals surface area contributed by atoms with Crippen molar-refractivity contribution < 1.29 is 4.79 Å². The Morgan fingerprint density at radius 3 is 2.50 bits per heavy atom. The average molecular weight is 340 g/mol. The highest BCUT2D eigenvalue weighted by molar-refractivity contribution is 6.30. The summed E-state index contributed by atoms with van der Waals surface area (Å²) in [5, 5.41) is 7.88. The van der Waals surface area contributed by atoms with Gasteiger partial charge in [-0.2, -0.15) is 5.10 Å². The van der Waals surface area contributed by atoms with Crippen molar-refractivity contribution in [1.82, 2.24) is 9.78 Å². The SMILES string of the molecule is Cc1cc(C)n(Cc2ccc(C(=O)Nc3cccc(Cl)c3)cc2)n1. The molecule has 3 rings (SSSR count). The van der Waals surface area contributed by atoms with Crippen molar-refractivity contribution in [2.24, 2.45) is 0 Å². The largest absolute Gasteiger partial charge is 0.322 e. The van der Waals surface area contributed by atoms with Crippen LogP contribution < -0.4 is 5.32 Å². The zero-order chi connectivity index (χ0) is 17.1. The molecule has 2 aromatic carbocycles. The van der Waals surface area contributed by atoms with Crippen LogP contribution in [0.25, 0.3) is 0 Å². The molecular weight excluding hydrogens is 322 g/mol. The number of carbonyl (C=O) groups excluding carboxylic acids is 1. The second-order valence-electron chi connectivity index (χ2n) is 5.75. The molecule has 5 heteroatoms. The Labute approximate surface area is 146 Å². The van der Waals surface area contributed by atoms with Gasteiger partial charge in [0.2, 0.25) is 0 Å². The van der Waals surface area contributed by atoms with E-state index in [2.05, 4.69) is 10.4 Å². The zero-order valence-electron chi connectivity index (χ0n) is 13.6. The highest BCUT2D eigenvalue weighted by Gasteiger charge is 2.07. The van der Waals surface area contributed by atoms with Crippen molar-refractivity contribution in [3.63, 3.8) is 0 Å².